The average molecular weight is 383 g/mol. The molecule has 2 amide bonds. The monoisotopic (exact) mass is 383 g/mol. The molecule has 2 aliphatic heterocycles. The van der Waals surface area contributed by atoms with Crippen LogP contribution in [0.2, 0.25) is 0 Å². The Morgan fingerprint density at radius 1 is 1.15 bits per heavy atom. The van der Waals surface area contributed by atoms with E-state index >= 15 is 0 Å². The highest BCUT2D eigenvalue weighted by atomic mass is 32.2. The van der Waals surface area contributed by atoms with Crippen LogP contribution in [0.5, 0.6) is 0 Å². The molecule has 2 heterocycles. The molecule has 144 valence electrons. The molecule has 8 heteroatoms. The molecule has 1 aromatic rings. The number of aryl methyl sites for hydroxylation is 1. The highest BCUT2D eigenvalue weighted by Gasteiger charge is 2.38. The standard InChI is InChI=1S/C18H26FN3O3S/c1-13-3-4-16(19)11-17(13)26(24,25)22-10-7-15(12-22)14-5-8-21(9-6-14)18(23)20-2/h3-4,11,14-15H,5-10,12H2,1-2H3,(H,20,23). The smallest absolute Gasteiger partial charge is 0.317 e. The Kier molecular flexibility index (Phi) is 5.53. The van der Waals surface area contributed by atoms with Crippen LogP contribution in [0.25, 0.3) is 0 Å². The van der Waals surface area contributed by atoms with E-state index in [1.54, 1.807) is 18.9 Å². The van der Waals surface area contributed by atoms with Gasteiger partial charge in [0.25, 0.3) is 0 Å². The molecule has 1 aromatic carbocycles. The lowest BCUT2D eigenvalue weighted by atomic mass is 9.84. The number of amides is 2. The molecule has 2 aliphatic rings. The summed E-state index contributed by atoms with van der Waals surface area (Å²) < 4.78 is 40.9. The quantitative estimate of drug-likeness (QED) is 0.870. The van der Waals surface area contributed by atoms with Crippen LogP contribution >= 0.6 is 0 Å². The molecule has 0 aromatic heterocycles. The molecule has 3 rings (SSSR count). The molecular formula is C18H26FN3O3S. The van der Waals surface area contributed by atoms with Gasteiger partial charge in [-0.15, -0.1) is 0 Å². The van der Waals surface area contributed by atoms with Crippen LogP contribution in [0.15, 0.2) is 23.1 Å². The highest BCUT2D eigenvalue weighted by Crippen LogP contribution is 2.34. The topological polar surface area (TPSA) is 69.7 Å². The third-order valence-electron chi connectivity index (χ3n) is 5.66. The number of carbonyl (C=O) groups is 1. The van der Waals surface area contributed by atoms with Gasteiger partial charge in [0.1, 0.15) is 5.82 Å². The maximum absolute atomic E-state index is 13.5. The lowest BCUT2D eigenvalue weighted by Crippen LogP contribution is -2.44. The van der Waals surface area contributed by atoms with Crippen molar-refractivity contribution in [2.24, 2.45) is 11.8 Å². The lowest BCUT2D eigenvalue weighted by Gasteiger charge is -2.34. The van der Waals surface area contributed by atoms with Crippen molar-refractivity contribution in [2.45, 2.75) is 31.1 Å². The molecule has 0 saturated carbocycles. The van der Waals surface area contributed by atoms with Crippen LogP contribution in [0, 0.1) is 24.6 Å². The summed E-state index contributed by atoms with van der Waals surface area (Å²) in [5.74, 6) is 0.182. The van der Waals surface area contributed by atoms with Gasteiger partial charge >= 0.3 is 6.03 Å². The average Bonchev–Trinajstić information content (AvgIpc) is 3.14. The number of hydrogen-bond donors (Lipinski definition) is 1. The van der Waals surface area contributed by atoms with E-state index in [9.17, 15) is 17.6 Å². The van der Waals surface area contributed by atoms with Gasteiger partial charge in [-0.25, -0.2) is 17.6 Å². The fourth-order valence-electron chi connectivity index (χ4n) is 4.08. The molecule has 1 atom stereocenters. The van der Waals surface area contributed by atoms with Crippen LogP contribution in [0.1, 0.15) is 24.8 Å². The summed E-state index contributed by atoms with van der Waals surface area (Å²) in [6.45, 7) is 4.04. The van der Waals surface area contributed by atoms with E-state index in [-0.39, 0.29) is 10.9 Å². The van der Waals surface area contributed by atoms with E-state index in [4.69, 9.17) is 0 Å². The number of nitrogens with zero attached hydrogens (tertiary/aromatic N) is 2. The van der Waals surface area contributed by atoms with Crippen molar-refractivity contribution in [1.29, 1.82) is 0 Å². The van der Waals surface area contributed by atoms with Crippen LogP contribution in [0.4, 0.5) is 9.18 Å². The zero-order chi connectivity index (χ0) is 18.9. The van der Waals surface area contributed by atoms with Crippen molar-refractivity contribution in [2.75, 3.05) is 33.2 Å². The van der Waals surface area contributed by atoms with Gasteiger partial charge in [-0.3, -0.25) is 0 Å². The summed E-state index contributed by atoms with van der Waals surface area (Å²) in [6.07, 6.45) is 2.61. The van der Waals surface area contributed by atoms with Crippen molar-refractivity contribution in [1.82, 2.24) is 14.5 Å². The van der Waals surface area contributed by atoms with Gasteiger partial charge in [0, 0.05) is 33.2 Å². The molecule has 0 aliphatic carbocycles. The van der Waals surface area contributed by atoms with E-state index in [1.807, 2.05) is 0 Å². The van der Waals surface area contributed by atoms with Crippen molar-refractivity contribution in [3.63, 3.8) is 0 Å². The Hall–Kier alpha value is -1.67. The number of nitrogens with one attached hydrogen (secondary N) is 1. The minimum atomic E-state index is -3.67. The van der Waals surface area contributed by atoms with Crippen molar-refractivity contribution < 1.29 is 17.6 Å². The third-order valence-corrected chi connectivity index (χ3v) is 7.67. The zero-order valence-electron chi connectivity index (χ0n) is 15.2. The molecule has 0 radical (unpaired) electrons. The van der Waals surface area contributed by atoms with Crippen LogP contribution in [0.3, 0.4) is 0 Å². The largest absolute Gasteiger partial charge is 0.341 e. The lowest BCUT2D eigenvalue weighted by molar-refractivity contribution is 0.153. The Morgan fingerprint density at radius 2 is 1.81 bits per heavy atom. The van der Waals surface area contributed by atoms with Gasteiger partial charge in [-0.2, -0.15) is 4.31 Å². The number of carbonyl (C=O) groups excluding carboxylic acids is 1. The molecule has 2 saturated heterocycles. The predicted octanol–water partition coefficient (Wildman–Crippen LogP) is 2.20. The van der Waals surface area contributed by atoms with Crippen LogP contribution in [-0.4, -0.2) is 56.9 Å². The number of hydrogen-bond acceptors (Lipinski definition) is 3. The van der Waals surface area contributed by atoms with Gasteiger partial charge in [-0.1, -0.05) is 6.07 Å². The summed E-state index contributed by atoms with van der Waals surface area (Å²) in [5.41, 5.74) is 0.564. The molecule has 2 fully saturated rings. The molecular weight excluding hydrogens is 357 g/mol. The summed E-state index contributed by atoms with van der Waals surface area (Å²) in [5, 5.41) is 2.64. The van der Waals surface area contributed by atoms with E-state index in [1.165, 1.54) is 16.4 Å². The van der Waals surface area contributed by atoms with Crippen LogP contribution < -0.4 is 5.32 Å². The predicted molar refractivity (Wildman–Crippen MR) is 96.8 cm³/mol. The second-order valence-electron chi connectivity index (χ2n) is 7.20. The molecule has 0 spiro atoms. The Balaban J connectivity index is 1.65. The van der Waals surface area contributed by atoms with Crippen molar-refractivity contribution in [3.05, 3.63) is 29.6 Å². The van der Waals surface area contributed by atoms with Gasteiger partial charge in [0.15, 0.2) is 0 Å². The molecule has 1 N–H and O–H groups in total. The molecule has 26 heavy (non-hydrogen) atoms. The van der Waals surface area contributed by atoms with Gasteiger partial charge in [0.2, 0.25) is 10.0 Å². The maximum atomic E-state index is 13.5. The van der Waals surface area contributed by atoms with Gasteiger partial charge in [0.05, 0.1) is 4.90 Å². The normalized spacial score (nSPS) is 22.6. The summed E-state index contributed by atoms with van der Waals surface area (Å²) >= 11 is 0. The first kappa shape index (κ1) is 19.1. The number of rotatable bonds is 3. The summed E-state index contributed by atoms with van der Waals surface area (Å²) in [6, 6.07) is 3.84. The number of urea groups is 1. The van der Waals surface area contributed by atoms with E-state index in [0.29, 0.717) is 43.6 Å². The van der Waals surface area contributed by atoms with Crippen molar-refractivity contribution >= 4 is 16.1 Å². The second-order valence-corrected chi connectivity index (χ2v) is 9.11. The summed E-state index contributed by atoms with van der Waals surface area (Å²) in [4.78, 5) is 13.6. The Labute approximate surface area is 154 Å². The molecule has 6 nitrogen and oxygen atoms in total. The number of likely N-dealkylation sites (tertiary alicyclic amines) is 1. The third kappa shape index (κ3) is 3.71. The minimum Gasteiger partial charge on any atom is -0.341 e. The second kappa shape index (κ2) is 7.52. The Bertz CT molecular complexity index is 776. The fourth-order valence-corrected chi connectivity index (χ4v) is 5.83. The Morgan fingerprint density at radius 3 is 2.46 bits per heavy atom. The minimum absolute atomic E-state index is 0.0549. The number of halogens is 1. The van der Waals surface area contributed by atoms with Crippen LogP contribution in [-0.2, 0) is 10.0 Å². The molecule has 0 bridgehead atoms. The fraction of sp³-hybridized carbons (Fsp3) is 0.611. The first-order valence-electron chi connectivity index (χ1n) is 9.06. The highest BCUT2D eigenvalue weighted by molar-refractivity contribution is 7.89. The number of benzene rings is 1. The first-order valence-corrected chi connectivity index (χ1v) is 10.5. The number of sulfonamides is 1. The van der Waals surface area contributed by atoms with Crippen molar-refractivity contribution in [3.8, 4) is 0 Å². The molecule has 1 unspecified atom stereocenters. The van der Waals surface area contributed by atoms with E-state index in [0.717, 1.165) is 25.3 Å². The zero-order valence-corrected chi connectivity index (χ0v) is 16.1. The first-order chi connectivity index (χ1) is 12.3. The summed E-state index contributed by atoms with van der Waals surface area (Å²) in [7, 11) is -2.05. The van der Waals surface area contributed by atoms with E-state index < -0.39 is 15.8 Å². The maximum Gasteiger partial charge on any atom is 0.317 e. The van der Waals surface area contributed by atoms with Gasteiger partial charge in [-0.05, 0) is 55.7 Å². The number of piperidine rings is 1. The van der Waals surface area contributed by atoms with E-state index in [2.05, 4.69) is 5.32 Å². The SMILES string of the molecule is CNC(=O)N1CCC(C2CCN(S(=O)(=O)c3cc(F)ccc3C)C2)CC1. The van der Waals surface area contributed by atoms with Gasteiger partial charge < -0.3 is 10.2 Å².